The van der Waals surface area contributed by atoms with Crippen molar-refractivity contribution in [1.82, 2.24) is 4.31 Å². The number of benzene rings is 1. The summed E-state index contributed by atoms with van der Waals surface area (Å²) < 4.78 is 40.9. The molecule has 21 heavy (non-hydrogen) atoms. The fourth-order valence-electron chi connectivity index (χ4n) is 3.28. The van der Waals surface area contributed by atoms with Crippen LogP contribution in [0.2, 0.25) is 0 Å². The maximum absolute atomic E-state index is 13.8. The van der Waals surface area contributed by atoms with Crippen molar-refractivity contribution in [3.8, 4) is 0 Å². The predicted molar refractivity (Wildman–Crippen MR) is 84.3 cm³/mol. The summed E-state index contributed by atoms with van der Waals surface area (Å²) in [4.78, 5) is -0.264. The van der Waals surface area contributed by atoms with Crippen LogP contribution in [0.5, 0.6) is 0 Å². The molecule has 1 saturated carbocycles. The van der Waals surface area contributed by atoms with Crippen molar-refractivity contribution in [2.45, 2.75) is 23.8 Å². The number of hydrogen-bond acceptors (Lipinski definition) is 3. The molecule has 1 aliphatic heterocycles. The Morgan fingerprint density at radius 3 is 2.67 bits per heavy atom. The van der Waals surface area contributed by atoms with E-state index in [9.17, 15) is 12.8 Å². The number of rotatable bonds is 2. The van der Waals surface area contributed by atoms with Crippen molar-refractivity contribution in [2.75, 3.05) is 13.1 Å². The zero-order valence-corrected chi connectivity index (χ0v) is 14.4. The molecular weight excluding hydrogens is 383 g/mol. The van der Waals surface area contributed by atoms with E-state index in [0.717, 1.165) is 12.8 Å². The SMILES string of the molecule is Cl.NC1CCC2CN(S(=O)(=O)c3cc(Br)ccc3F)CC12. The van der Waals surface area contributed by atoms with Crippen LogP contribution in [-0.2, 0) is 10.0 Å². The minimum atomic E-state index is -3.78. The molecule has 0 spiro atoms. The Labute approximate surface area is 138 Å². The first-order valence-electron chi connectivity index (χ1n) is 6.60. The van der Waals surface area contributed by atoms with Crippen molar-refractivity contribution in [1.29, 1.82) is 0 Å². The molecule has 3 atom stereocenters. The van der Waals surface area contributed by atoms with Gasteiger partial charge in [-0.05, 0) is 42.9 Å². The van der Waals surface area contributed by atoms with Gasteiger partial charge in [0.15, 0.2) is 0 Å². The lowest BCUT2D eigenvalue weighted by atomic mass is 9.98. The Morgan fingerprint density at radius 1 is 1.29 bits per heavy atom. The van der Waals surface area contributed by atoms with Crippen LogP contribution < -0.4 is 5.73 Å². The van der Waals surface area contributed by atoms with E-state index >= 15 is 0 Å². The molecular formula is C13H17BrClFN2O2S. The third-order valence-corrected chi connectivity index (χ3v) is 6.73. The molecule has 4 nitrogen and oxygen atoms in total. The van der Waals surface area contributed by atoms with E-state index < -0.39 is 15.8 Å². The monoisotopic (exact) mass is 398 g/mol. The van der Waals surface area contributed by atoms with Crippen molar-refractivity contribution in [3.05, 3.63) is 28.5 Å². The minimum absolute atomic E-state index is 0. The third-order valence-electron chi connectivity index (χ3n) is 4.39. The van der Waals surface area contributed by atoms with Gasteiger partial charge in [-0.1, -0.05) is 15.9 Å². The average molecular weight is 400 g/mol. The molecule has 1 aromatic carbocycles. The Kier molecular flexibility index (Phi) is 5.00. The average Bonchev–Trinajstić information content (AvgIpc) is 2.95. The van der Waals surface area contributed by atoms with Crippen molar-refractivity contribution in [2.24, 2.45) is 17.6 Å². The van der Waals surface area contributed by atoms with E-state index in [1.54, 1.807) is 0 Å². The molecule has 1 saturated heterocycles. The van der Waals surface area contributed by atoms with Gasteiger partial charge >= 0.3 is 0 Å². The molecule has 2 aliphatic rings. The van der Waals surface area contributed by atoms with Crippen molar-refractivity contribution >= 4 is 38.4 Å². The van der Waals surface area contributed by atoms with Crippen LogP contribution in [-0.4, -0.2) is 31.9 Å². The summed E-state index contributed by atoms with van der Waals surface area (Å²) in [6.45, 7) is 0.854. The van der Waals surface area contributed by atoms with Gasteiger partial charge in [0.2, 0.25) is 10.0 Å². The zero-order chi connectivity index (χ0) is 14.5. The fourth-order valence-corrected chi connectivity index (χ4v) is 5.41. The molecule has 118 valence electrons. The van der Waals surface area contributed by atoms with E-state index in [1.165, 1.54) is 22.5 Å². The number of fused-ring (bicyclic) bond motifs is 1. The molecule has 0 bridgehead atoms. The lowest BCUT2D eigenvalue weighted by Crippen LogP contribution is -2.33. The van der Waals surface area contributed by atoms with Crippen LogP contribution >= 0.6 is 28.3 Å². The summed E-state index contributed by atoms with van der Waals surface area (Å²) in [5.41, 5.74) is 6.02. The molecule has 1 aromatic rings. The Balaban J connectivity index is 0.00000161. The largest absolute Gasteiger partial charge is 0.327 e. The van der Waals surface area contributed by atoms with Crippen LogP contribution in [0.4, 0.5) is 4.39 Å². The molecule has 1 heterocycles. The highest BCUT2D eigenvalue weighted by Gasteiger charge is 2.45. The summed E-state index contributed by atoms with van der Waals surface area (Å²) in [6.07, 6.45) is 1.91. The molecule has 0 amide bonds. The molecule has 8 heteroatoms. The quantitative estimate of drug-likeness (QED) is 0.830. The van der Waals surface area contributed by atoms with Gasteiger partial charge in [-0.3, -0.25) is 0 Å². The molecule has 2 fully saturated rings. The van der Waals surface area contributed by atoms with Crippen LogP contribution in [0, 0.1) is 17.7 Å². The number of sulfonamides is 1. The van der Waals surface area contributed by atoms with Gasteiger partial charge in [0.1, 0.15) is 10.7 Å². The van der Waals surface area contributed by atoms with Crippen LogP contribution in [0.3, 0.4) is 0 Å². The first-order valence-corrected chi connectivity index (χ1v) is 8.83. The molecule has 2 N–H and O–H groups in total. The highest BCUT2D eigenvalue weighted by molar-refractivity contribution is 9.10. The second-order valence-corrected chi connectivity index (χ2v) is 8.38. The van der Waals surface area contributed by atoms with Crippen LogP contribution in [0.1, 0.15) is 12.8 Å². The number of hydrogen-bond donors (Lipinski definition) is 1. The minimum Gasteiger partial charge on any atom is -0.327 e. The lowest BCUT2D eigenvalue weighted by Gasteiger charge is -2.19. The van der Waals surface area contributed by atoms with Crippen molar-refractivity contribution in [3.63, 3.8) is 0 Å². The molecule has 0 radical (unpaired) electrons. The zero-order valence-electron chi connectivity index (χ0n) is 11.2. The number of nitrogens with two attached hydrogens (primary N) is 1. The smallest absolute Gasteiger partial charge is 0.246 e. The van der Waals surface area contributed by atoms with Gasteiger partial charge in [-0.25, -0.2) is 12.8 Å². The highest BCUT2D eigenvalue weighted by atomic mass is 79.9. The van der Waals surface area contributed by atoms with E-state index in [2.05, 4.69) is 15.9 Å². The molecule has 1 aliphatic carbocycles. The van der Waals surface area contributed by atoms with Gasteiger partial charge in [0, 0.05) is 23.6 Å². The first kappa shape index (κ1) is 17.1. The third kappa shape index (κ3) is 2.99. The van der Waals surface area contributed by atoms with Gasteiger partial charge in [0.05, 0.1) is 0 Å². The predicted octanol–water partition coefficient (Wildman–Crippen LogP) is 2.37. The molecule has 3 rings (SSSR count). The first-order chi connectivity index (χ1) is 9.39. The fraction of sp³-hybridized carbons (Fsp3) is 0.538. The standard InChI is InChI=1S/C13H16BrFN2O2S.ClH/c14-9-2-3-11(15)13(5-9)20(18,19)17-6-8-1-4-12(16)10(8)7-17;/h2-3,5,8,10,12H,1,4,6-7,16H2;1H. The Hall–Kier alpha value is -0.210. The maximum atomic E-state index is 13.8. The van der Waals surface area contributed by atoms with Gasteiger partial charge in [-0.2, -0.15) is 4.31 Å². The lowest BCUT2D eigenvalue weighted by molar-refractivity contribution is 0.424. The number of halogens is 3. The number of nitrogens with zero attached hydrogens (tertiary/aromatic N) is 1. The van der Waals surface area contributed by atoms with Crippen LogP contribution in [0.15, 0.2) is 27.6 Å². The van der Waals surface area contributed by atoms with Gasteiger partial charge < -0.3 is 5.73 Å². The molecule has 0 aromatic heterocycles. The second kappa shape index (κ2) is 6.12. The summed E-state index contributed by atoms with van der Waals surface area (Å²) >= 11 is 3.19. The second-order valence-electron chi connectivity index (χ2n) is 5.56. The van der Waals surface area contributed by atoms with Gasteiger partial charge in [0.25, 0.3) is 0 Å². The van der Waals surface area contributed by atoms with Crippen LogP contribution in [0.25, 0.3) is 0 Å². The van der Waals surface area contributed by atoms with E-state index in [-0.39, 0.29) is 29.3 Å². The summed E-state index contributed by atoms with van der Waals surface area (Å²) in [6, 6.07) is 4.04. The topological polar surface area (TPSA) is 63.4 Å². The Morgan fingerprint density at radius 2 is 2.00 bits per heavy atom. The summed E-state index contributed by atoms with van der Waals surface area (Å²) in [7, 11) is -3.78. The van der Waals surface area contributed by atoms with E-state index in [4.69, 9.17) is 5.73 Å². The van der Waals surface area contributed by atoms with Gasteiger partial charge in [-0.15, -0.1) is 12.4 Å². The Bertz CT molecular complexity index is 643. The maximum Gasteiger partial charge on any atom is 0.246 e. The normalized spacial score (nSPS) is 29.2. The summed E-state index contributed by atoms with van der Waals surface area (Å²) in [5.74, 6) is -0.190. The summed E-state index contributed by atoms with van der Waals surface area (Å²) in [5, 5.41) is 0. The molecule has 3 unspecified atom stereocenters. The van der Waals surface area contributed by atoms with E-state index in [1.807, 2.05) is 0 Å². The van der Waals surface area contributed by atoms with Crippen molar-refractivity contribution < 1.29 is 12.8 Å². The van der Waals surface area contributed by atoms with E-state index in [0.29, 0.717) is 23.5 Å². The highest BCUT2D eigenvalue weighted by Crippen LogP contribution is 2.39.